The number of aliphatic hydroxyl groups is 2. The first-order valence-electron chi connectivity index (χ1n) is 7.69. The molecule has 0 aliphatic heterocycles. The molecule has 0 radical (unpaired) electrons. The highest BCUT2D eigenvalue weighted by atomic mass is 16.3. The fraction of sp³-hybridized carbons (Fsp3) is 0.765. The van der Waals surface area contributed by atoms with Crippen LogP contribution in [0.2, 0.25) is 0 Å². The van der Waals surface area contributed by atoms with Crippen LogP contribution in [-0.4, -0.2) is 21.9 Å². The van der Waals surface area contributed by atoms with E-state index in [0.29, 0.717) is 0 Å². The van der Waals surface area contributed by atoms with E-state index in [4.69, 9.17) is 0 Å². The largest absolute Gasteiger partial charge is 0.389 e. The topological polar surface area (TPSA) is 40.5 Å². The second kappa shape index (κ2) is 8.40. The van der Waals surface area contributed by atoms with Crippen molar-refractivity contribution in [3.05, 3.63) is 11.6 Å². The van der Waals surface area contributed by atoms with E-state index in [0.717, 1.165) is 44.1 Å². The van der Waals surface area contributed by atoms with E-state index in [-0.39, 0.29) is 0 Å². The van der Waals surface area contributed by atoms with Crippen molar-refractivity contribution in [3.8, 4) is 11.8 Å². The Labute approximate surface area is 117 Å². The standard InChI is InChI=1S/C17H28O2/c1-3-4-6-10-16(15(2)18)11-9-14-17(19)12-7-5-8-13-17/h11,15,18-19H,3-8,10,12-13H2,1-2H3/b16-11-. The summed E-state index contributed by atoms with van der Waals surface area (Å²) in [5, 5.41) is 20.0. The van der Waals surface area contributed by atoms with Gasteiger partial charge in [0.15, 0.2) is 0 Å². The molecule has 2 N–H and O–H groups in total. The summed E-state index contributed by atoms with van der Waals surface area (Å²) in [6.07, 6.45) is 10.6. The van der Waals surface area contributed by atoms with Crippen LogP contribution in [0.1, 0.15) is 71.6 Å². The minimum absolute atomic E-state index is 0.438. The zero-order chi connectivity index (χ0) is 14.1. The molecular weight excluding hydrogens is 236 g/mol. The van der Waals surface area contributed by atoms with Gasteiger partial charge in [-0.3, -0.25) is 0 Å². The van der Waals surface area contributed by atoms with Crippen molar-refractivity contribution < 1.29 is 10.2 Å². The number of unbranched alkanes of at least 4 members (excludes halogenated alkanes) is 2. The molecule has 0 aromatic rings. The van der Waals surface area contributed by atoms with Crippen LogP contribution in [0, 0.1) is 11.8 Å². The fourth-order valence-electron chi connectivity index (χ4n) is 2.51. The first-order chi connectivity index (χ1) is 9.07. The summed E-state index contributed by atoms with van der Waals surface area (Å²) in [6.45, 7) is 3.96. The number of aliphatic hydroxyl groups excluding tert-OH is 1. The van der Waals surface area contributed by atoms with Crippen molar-refractivity contribution in [2.45, 2.75) is 83.3 Å². The molecule has 0 aromatic carbocycles. The highest BCUT2D eigenvalue weighted by Gasteiger charge is 2.26. The molecule has 1 aliphatic rings. The maximum absolute atomic E-state index is 10.3. The van der Waals surface area contributed by atoms with E-state index >= 15 is 0 Å². The summed E-state index contributed by atoms with van der Waals surface area (Å²) in [5.41, 5.74) is 0.197. The molecule has 0 spiro atoms. The third-order valence-electron chi connectivity index (χ3n) is 3.85. The summed E-state index contributed by atoms with van der Waals surface area (Å²) >= 11 is 0. The van der Waals surface area contributed by atoms with E-state index in [9.17, 15) is 10.2 Å². The summed E-state index contributed by atoms with van der Waals surface area (Å²) < 4.78 is 0. The molecule has 0 amide bonds. The number of hydrogen-bond donors (Lipinski definition) is 2. The molecule has 1 atom stereocenters. The van der Waals surface area contributed by atoms with Crippen LogP contribution in [0.3, 0.4) is 0 Å². The van der Waals surface area contributed by atoms with Gasteiger partial charge in [-0.1, -0.05) is 38.0 Å². The van der Waals surface area contributed by atoms with Gasteiger partial charge >= 0.3 is 0 Å². The van der Waals surface area contributed by atoms with Crippen molar-refractivity contribution in [3.63, 3.8) is 0 Å². The van der Waals surface area contributed by atoms with E-state index in [1.165, 1.54) is 19.3 Å². The zero-order valence-electron chi connectivity index (χ0n) is 12.4. The Balaban J connectivity index is 2.59. The third-order valence-corrected chi connectivity index (χ3v) is 3.85. The second-order valence-corrected chi connectivity index (χ2v) is 5.71. The molecular formula is C17H28O2. The number of allylic oxidation sites excluding steroid dienone is 1. The number of hydrogen-bond acceptors (Lipinski definition) is 2. The predicted octanol–water partition coefficient (Wildman–Crippen LogP) is 3.57. The minimum atomic E-state index is -0.790. The van der Waals surface area contributed by atoms with Crippen LogP contribution in [0.5, 0.6) is 0 Å². The molecule has 1 unspecified atom stereocenters. The molecule has 2 nitrogen and oxygen atoms in total. The first-order valence-corrected chi connectivity index (χ1v) is 7.69. The Morgan fingerprint density at radius 1 is 1.26 bits per heavy atom. The van der Waals surface area contributed by atoms with Gasteiger partial charge in [-0.05, 0) is 57.1 Å². The van der Waals surface area contributed by atoms with E-state index in [2.05, 4.69) is 18.8 Å². The van der Waals surface area contributed by atoms with Crippen LogP contribution in [-0.2, 0) is 0 Å². The van der Waals surface area contributed by atoms with Gasteiger partial charge in [-0.25, -0.2) is 0 Å². The van der Waals surface area contributed by atoms with Gasteiger partial charge in [0.25, 0.3) is 0 Å². The Morgan fingerprint density at radius 2 is 1.95 bits per heavy atom. The minimum Gasteiger partial charge on any atom is -0.389 e. The van der Waals surface area contributed by atoms with Crippen LogP contribution in [0.25, 0.3) is 0 Å². The van der Waals surface area contributed by atoms with Crippen molar-refractivity contribution in [2.75, 3.05) is 0 Å². The van der Waals surface area contributed by atoms with Gasteiger partial charge in [0.1, 0.15) is 5.60 Å². The molecule has 1 aliphatic carbocycles. The Bertz CT molecular complexity index is 338. The lowest BCUT2D eigenvalue weighted by Gasteiger charge is -2.26. The van der Waals surface area contributed by atoms with E-state index < -0.39 is 11.7 Å². The van der Waals surface area contributed by atoms with Gasteiger partial charge in [0.2, 0.25) is 0 Å². The third kappa shape index (κ3) is 6.27. The Morgan fingerprint density at radius 3 is 2.53 bits per heavy atom. The molecule has 108 valence electrons. The van der Waals surface area contributed by atoms with Crippen molar-refractivity contribution in [1.82, 2.24) is 0 Å². The fourth-order valence-corrected chi connectivity index (χ4v) is 2.51. The predicted molar refractivity (Wildman–Crippen MR) is 79.7 cm³/mol. The molecule has 1 saturated carbocycles. The van der Waals surface area contributed by atoms with E-state index in [1.54, 1.807) is 6.92 Å². The van der Waals surface area contributed by atoms with Crippen LogP contribution in [0.4, 0.5) is 0 Å². The molecule has 2 heteroatoms. The summed E-state index contributed by atoms with van der Waals surface area (Å²) in [5.74, 6) is 5.97. The average molecular weight is 264 g/mol. The van der Waals surface area contributed by atoms with Gasteiger partial charge in [-0.2, -0.15) is 0 Å². The van der Waals surface area contributed by atoms with Crippen molar-refractivity contribution >= 4 is 0 Å². The summed E-state index contributed by atoms with van der Waals surface area (Å²) in [7, 11) is 0. The maximum atomic E-state index is 10.3. The SMILES string of the molecule is CCCCC/C(=C/C#CC1(O)CCCCC1)C(C)O. The first kappa shape index (κ1) is 16.3. The quantitative estimate of drug-likeness (QED) is 0.588. The zero-order valence-corrected chi connectivity index (χ0v) is 12.4. The highest BCUT2D eigenvalue weighted by molar-refractivity contribution is 5.27. The normalized spacial score (nSPS) is 20.5. The summed E-state index contributed by atoms with van der Waals surface area (Å²) in [4.78, 5) is 0. The average Bonchev–Trinajstić information content (AvgIpc) is 2.37. The molecule has 1 rings (SSSR count). The summed E-state index contributed by atoms with van der Waals surface area (Å²) in [6, 6.07) is 0. The van der Waals surface area contributed by atoms with Crippen molar-refractivity contribution in [2.24, 2.45) is 0 Å². The lowest BCUT2D eigenvalue weighted by molar-refractivity contribution is 0.0610. The lowest BCUT2D eigenvalue weighted by Crippen LogP contribution is -2.29. The van der Waals surface area contributed by atoms with Crippen LogP contribution in [0.15, 0.2) is 11.6 Å². The Hall–Kier alpha value is -0.780. The number of rotatable bonds is 5. The molecule has 0 heterocycles. The van der Waals surface area contributed by atoms with Crippen LogP contribution < -0.4 is 0 Å². The smallest absolute Gasteiger partial charge is 0.125 e. The Kier molecular flexibility index (Phi) is 7.20. The van der Waals surface area contributed by atoms with Gasteiger partial charge in [0, 0.05) is 0 Å². The second-order valence-electron chi connectivity index (χ2n) is 5.71. The van der Waals surface area contributed by atoms with Gasteiger partial charge < -0.3 is 10.2 Å². The molecule has 0 aromatic heterocycles. The van der Waals surface area contributed by atoms with E-state index in [1.807, 2.05) is 6.08 Å². The molecule has 19 heavy (non-hydrogen) atoms. The lowest BCUT2D eigenvalue weighted by atomic mass is 9.85. The molecule has 0 saturated heterocycles. The molecule has 0 bridgehead atoms. The van der Waals surface area contributed by atoms with Gasteiger partial charge in [-0.15, -0.1) is 0 Å². The molecule has 1 fully saturated rings. The van der Waals surface area contributed by atoms with Crippen molar-refractivity contribution in [1.29, 1.82) is 0 Å². The maximum Gasteiger partial charge on any atom is 0.125 e. The highest BCUT2D eigenvalue weighted by Crippen LogP contribution is 2.27. The monoisotopic (exact) mass is 264 g/mol. The van der Waals surface area contributed by atoms with Gasteiger partial charge in [0.05, 0.1) is 6.10 Å². The van der Waals surface area contributed by atoms with Crippen LogP contribution >= 0.6 is 0 Å².